The van der Waals surface area contributed by atoms with E-state index in [1.165, 1.54) is 0 Å². The molecule has 1 aromatic heterocycles. The van der Waals surface area contributed by atoms with E-state index in [9.17, 15) is 17.6 Å². The van der Waals surface area contributed by atoms with Crippen molar-refractivity contribution in [3.05, 3.63) is 41.6 Å². The summed E-state index contributed by atoms with van der Waals surface area (Å²) < 4.78 is 51.3. The number of nitrogens with zero attached hydrogens (tertiary/aromatic N) is 4. The Bertz CT molecular complexity index is 698. The second-order valence-corrected chi connectivity index (χ2v) is 3.74. The van der Waals surface area contributed by atoms with E-state index in [2.05, 4.69) is 25.9 Å². The summed E-state index contributed by atoms with van der Waals surface area (Å²) in [5.41, 5.74) is -1.73. The summed E-state index contributed by atoms with van der Waals surface area (Å²) in [6.07, 6.45) is -3.76. The molecule has 0 amide bonds. The van der Waals surface area contributed by atoms with E-state index in [0.717, 1.165) is 18.3 Å². The molecule has 0 radical (unpaired) electrons. The standard InChI is InChI=1S/C11H6F4N6/c12-7-1-2-9(8(3-7)11(13,14)15)17-5-6(4-16)10-18-20-21-19-10/h1-3,5,17H,(H,18,19,20,21). The highest BCUT2D eigenvalue weighted by atomic mass is 19.4. The maximum absolute atomic E-state index is 12.9. The minimum atomic E-state index is -4.74. The van der Waals surface area contributed by atoms with Gasteiger partial charge in [0.15, 0.2) is 0 Å². The van der Waals surface area contributed by atoms with Gasteiger partial charge in [-0.2, -0.15) is 23.6 Å². The van der Waals surface area contributed by atoms with Crippen molar-refractivity contribution in [2.24, 2.45) is 0 Å². The molecule has 2 rings (SSSR count). The summed E-state index contributed by atoms with van der Waals surface area (Å²) >= 11 is 0. The Labute approximate surface area is 115 Å². The van der Waals surface area contributed by atoms with Crippen LogP contribution in [0.5, 0.6) is 0 Å². The van der Waals surface area contributed by atoms with Gasteiger partial charge in [-0.25, -0.2) is 4.39 Å². The van der Waals surface area contributed by atoms with Crippen LogP contribution in [0, 0.1) is 17.1 Å². The van der Waals surface area contributed by atoms with Crippen LogP contribution in [0.15, 0.2) is 24.4 Å². The first kappa shape index (κ1) is 14.4. The van der Waals surface area contributed by atoms with E-state index in [0.29, 0.717) is 6.07 Å². The lowest BCUT2D eigenvalue weighted by Crippen LogP contribution is -2.09. The molecule has 0 atom stereocenters. The van der Waals surface area contributed by atoms with Crippen molar-refractivity contribution in [1.82, 2.24) is 20.6 Å². The fourth-order valence-electron chi connectivity index (χ4n) is 1.45. The Morgan fingerprint density at radius 3 is 2.71 bits per heavy atom. The van der Waals surface area contributed by atoms with Gasteiger partial charge in [-0.15, -0.1) is 10.2 Å². The topological polar surface area (TPSA) is 90.3 Å². The zero-order chi connectivity index (χ0) is 15.5. The van der Waals surface area contributed by atoms with Crippen molar-refractivity contribution in [1.29, 1.82) is 5.26 Å². The second kappa shape index (κ2) is 5.58. The number of allylic oxidation sites excluding steroid dienone is 1. The largest absolute Gasteiger partial charge is 0.418 e. The third-order valence-electron chi connectivity index (χ3n) is 2.37. The van der Waals surface area contributed by atoms with Crippen LogP contribution in [0.3, 0.4) is 0 Å². The SMILES string of the molecule is N#CC(=CNc1ccc(F)cc1C(F)(F)F)c1nn[nH]n1. The van der Waals surface area contributed by atoms with Gasteiger partial charge in [0, 0.05) is 6.20 Å². The number of alkyl halides is 3. The van der Waals surface area contributed by atoms with E-state index < -0.39 is 23.2 Å². The molecular formula is C11H6F4N6. The van der Waals surface area contributed by atoms with Crippen LogP contribution in [0.2, 0.25) is 0 Å². The van der Waals surface area contributed by atoms with Crippen LogP contribution >= 0.6 is 0 Å². The van der Waals surface area contributed by atoms with Crippen LogP contribution in [0.25, 0.3) is 5.57 Å². The average molecular weight is 298 g/mol. The fourth-order valence-corrected chi connectivity index (χ4v) is 1.45. The zero-order valence-electron chi connectivity index (χ0n) is 10.1. The molecule has 0 unspecified atom stereocenters. The predicted octanol–water partition coefficient (Wildman–Crippen LogP) is 2.33. The van der Waals surface area contributed by atoms with Crippen LogP contribution in [-0.4, -0.2) is 20.6 Å². The minimum Gasteiger partial charge on any atom is -0.360 e. The number of hydrogen-bond acceptors (Lipinski definition) is 5. The maximum Gasteiger partial charge on any atom is 0.418 e. The highest BCUT2D eigenvalue weighted by Crippen LogP contribution is 2.35. The summed E-state index contributed by atoms with van der Waals surface area (Å²) in [5, 5.41) is 23.6. The van der Waals surface area contributed by atoms with Crippen LogP contribution in [0.1, 0.15) is 11.4 Å². The number of rotatable bonds is 3. The average Bonchev–Trinajstić information content (AvgIpc) is 2.94. The first-order valence-electron chi connectivity index (χ1n) is 5.39. The number of hydrogen-bond donors (Lipinski definition) is 2. The molecule has 0 fully saturated rings. The number of aromatic amines is 1. The van der Waals surface area contributed by atoms with Crippen molar-refractivity contribution in [2.45, 2.75) is 6.18 Å². The Morgan fingerprint density at radius 1 is 1.38 bits per heavy atom. The molecule has 21 heavy (non-hydrogen) atoms. The Morgan fingerprint density at radius 2 is 2.14 bits per heavy atom. The van der Waals surface area contributed by atoms with Gasteiger partial charge in [-0.1, -0.05) is 0 Å². The van der Waals surface area contributed by atoms with Crippen LogP contribution < -0.4 is 5.32 Å². The molecule has 0 aliphatic rings. The number of anilines is 1. The summed E-state index contributed by atoms with van der Waals surface area (Å²) in [6.45, 7) is 0. The van der Waals surface area contributed by atoms with E-state index in [1.54, 1.807) is 6.07 Å². The van der Waals surface area contributed by atoms with E-state index in [-0.39, 0.29) is 11.4 Å². The van der Waals surface area contributed by atoms with E-state index in [4.69, 9.17) is 5.26 Å². The van der Waals surface area contributed by atoms with Gasteiger partial charge in [-0.3, -0.25) is 0 Å². The molecule has 6 nitrogen and oxygen atoms in total. The molecular weight excluding hydrogens is 292 g/mol. The summed E-state index contributed by atoms with van der Waals surface area (Å²) in [6, 6.07) is 3.84. The smallest absolute Gasteiger partial charge is 0.360 e. The summed E-state index contributed by atoms with van der Waals surface area (Å²) in [7, 11) is 0. The van der Waals surface area contributed by atoms with Gasteiger partial charge in [0.1, 0.15) is 17.5 Å². The zero-order valence-corrected chi connectivity index (χ0v) is 10.1. The molecule has 0 aliphatic carbocycles. The number of tetrazole rings is 1. The number of nitriles is 1. The van der Waals surface area contributed by atoms with E-state index >= 15 is 0 Å². The van der Waals surface area contributed by atoms with Crippen molar-refractivity contribution >= 4 is 11.3 Å². The molecule has 0 bridgehead atoms. The minimum absolute atomic E-state index is 0.0827. The van der Waals surface area contributed by atoms with Gasteiger partial charge in [0.2, 0.25) is 5.82 Å². The molecule has 0 spiro atoms. The molecule has 0 saturated carbocycles. The van der Waals surface area contributed by atoms with Gasteiger partial charge in [-0.05, 0) is 23.4 Å². The van der Waals surface area contributed by atoms with Gasteiger partial charge < -0.3 is 5.32 Å². The summed E-state index contributed by atoms with van der Waals surface area (Å²) in [4.78, 5) is 0. The fraction of sp³-hybridized carbons (Fsp3) is 0.0909. The quantitative estimate of drug-likeness (QED) is 0.670. The number of nitrogens with one attached hydrogen (secondary N) is 2. The molecule has 108 valence electrons. The molecule has 0 aliphatic heterocycles. The van der Waals surface area contributed by atoms with Gasteiger partial charge in [0.05, 0.1) is 11.3 Å². The van der Waals surface area contributed by atoms with Gasteiger partial charge in [0.25, 0.3) is 0 Å². The second-order valence-electron chi connectivity index (χ2n) is 3.74. The molecule has 1 aromatic carbocycles. The lowest BCUT2D eigenvalue weighted by atomic mass is 10.1. The number of H-pyrrole nitrogens is 1. The predicted molar refractivity (Wildman–Crippen MR) is 62.8 cm³/mol. The number of aromatic nitrogens is 4. The number of benzene rings is 1. The number of halogens is 4. The first-order chi connectivity index (χ1) is 9.91. The molecule has 1 heterocycles. The highest BCUT2D eigenvalue weighted by Gasteiger charge is 2.33. The summed E-state index contributed by atoms with van der Waals surface area (Å²) in [5.74, 6) is -1.10. The lowest BCUT2D eigenvalue weighted by Gasteiger charge is -2.12. The van der Waals surface area contributed by atoms with Crippen LogP contribution in [0.4, 0.5) is 23.2 Å². The normalized spacial score (nSPS) is 12.0. The van der Waals surface area contributed by atoms with Crippen molar-refractivity contribution in [2.75, 3.05) is 5.32 Å². The maximum atomic E-state index is 12.9. The molecule has 2 aromatic rings. The molecule has 2 N–H and O–H groups in total. The Balaban J connectivity index is 2.34. The van der Waals surface area contributed by atoms with E-state index in [1.807, 2.05) is 0 Å². The molecule has 10 heteroatoms. The highest BCUT2D eigenvalue weighted by molar-refractivity contribution is 5.74. The third kappa shape index (κ3) is 3.33. The van der Waals surface area contributed by atoms with Crippen molar-refractivity contribution in [3.8, 4) is 6.07 Å². The van der Waals surface area contributed by atoms with Crippen molar-refractivity contribution in [3.63, 3.8) is 0 Å². The monoisotopic (exact) mass is 298 g/mol. The lowest BCUT2D eigenvalue weighted by molar-refractivity contribution is -0.137. The molecule has 0 saturated heterocycles. The van der Waals surface area contributed by atoms with Crippen LogP contribution in [-0.2, 0) is 6.18 Å². The third-order valence-corrected chi connectivity index (χ3v) is 2.37. The Kier molecular flexibility index (Phi) is 3.84. The van der Waals surface area contributed by atoms with Gasteiger partial charge >= 0.3 is 6.18 Å². The Hall–Kier alpha value is -2.96. The first-order valence-corrected chi connectivity index (χ1v) is 5.39. The van der Waals surface area contributed by atoms with Crippen molar-refractivity contribution < 1.29 is 17.6 Å².